The summed E-state index contributed by atoms with van der Waals surface area (Å²) in [5, 5.41) is 8.38. The molecule has 7 heteroatoms. The summed E-state index contributed by atoms with van der Waals surface area (Å²) in [6.07, 6.45) is 3.10. The Bertz CT molecular complexity index is 486. The van der Waals surface area contributed by atoms with E-state index < -0.39 is 30.0 Å². The van der Waals surface area contributed by atoms with Crippen LogP contribution in [0.2, 0.25) is 0 Å². The normalized spacial score (nSPS) is 12.7. The van der Waals surface area contributed by atoms with Gasteiger partial charge in [-0.15, -0.1) is 0 Å². The van der Waals surface area contributed by atoms with Gasteiger partial charge in [-0.1, -0.05) is 20.8 Å². The standard InChI is InChI=1S/C17H26O7/c1-12(23-15(21)10-9-13(18)19)7-5-6-8-14(20)24-16(22)11-17(2,3)4/h9-10,12H,5-8,11H2,1-4H3,(H,18,19)/b10-9+. The zero-order valence-corrected chi connectivity index (χ0v) is 14.7. The van der Waals surface area contributed by atoms with E-state index in [4.69, 9.17) is 14.6 Å². The summed E-state index contributed by atoms with van der Waals surface area (Å²) in [6.45, 7) is 7.32. The Hall–Kier alpha value is -2.18. The molecule has 0 fully saturated rings. The molecule has 0 aromatic rings. The fourth-order valence-corrected chi connectivity index (χ4v) is 1.78. The van der Waals surface area contributed by atoms with Crippen LogP contribution in [0.5, 0.6) is 0 Å². The number of carbonyl (C=O) groups excluding carboxylic acids is 3. The van der Waals surface area contributed by atoms with Gasteiger partial charge in [-0.2, -0.15) is 0 Å². The minimum absolute atomic E-state index is 0.121. The lowest BCUT2D eigenvalue weighted by Gasteiger charge is -2.16. The van der Waals surface area contributed by atoms with Crippen LogP contribution in [0, 0.1) is 5.41 Å². The van der Waals surface area contributed by atoms with Gasteiger partial charge in [-0.05, 0) is 31.6 Å². The van der Waals surface area contributed by atoms with Gasteiger partial charge in [-0.3, -0.25) is 9.59 Å². The van der Waals surface area contributed by atoms with Crippen LogP contribution in [-0.4, -0.2) is 35.1 Å². The van der Waals surface area contributed by atoms with Gasteiger partial charge in [0.15, 0.2) is 0 Å². The lowest BCUT2D eigenvalue weighted by atomic mass is 9.92. The van der Waals surface area contributed by atoms with Crippen molar-refractivity contribution in [3.8, 4) is 0 Å². The Kier molecular flexibility index (Phi) is 9.61. The minimum atomic E-state index is -1.22. The van der Waals surface area contributed by atoms with Gasteiger partial charge in [0.1, 0.15) is 0 Å². The fourth-order valence-electron chi connectivity index (χ4n) is 1.78. The highest BCUT2D eigenvalue weighted by Gasteiger charge is 2.19. The highest BCUT2D eigenvalue weighted by molar-refractivity contribution is 5.90. The molecular formula is C17H26O7. The van der Waals surface area contributed by atoms with Gasteiger partial charge in [0.25, 0.3) is 0 Å². The molecule has 1 atom stereocenters. The molecule has 7 nitrogen and oxygen atoms in total. The van der Waals surface area contributed by atoms with Crippen LogP contribution in [-0.2, 0) is 28.7 Å². The van der Waals surface area contributed by atoms with E-state index >= 15 is 0 Å². The molecule has 0 aromatic heterocycles. The van der Waals surface area contributed by atoms with E-state index in [1.54, 1.807) is 6.92 Å². The number of ether oxygens (including phenoxy) is 2. The zero-order valence-electron chi connectivity index (χ0n) is 14.7. The second-order valence-electron chi connectivity index (χ2n) is 6.75. The molecule has 0 aliphatic carbocycles. The number of hydrogen-bond acceptors (Lipinski definition) is 6. The van der Waals surface area contributed by atoms with Crippen LogP contribution in [0.3, 0.4) is 0 Å². The smallest absolute Gasteiger partial charge is 0.331 e. The van der Waals surface area contributed by atoms with Crippen molar-refractivity contribution in [2.75, 3.05) is 0 Å². The van der Waals surface area contributed by atoms with Gasteiger partial charge < -0.3 is 14.6 Å². The number of aliphatic carboxylic acids is 1. The summed E-state index contributed by atoms with van der Waals surface area (Å²) in [7, 11) is 0. The molecule has 136 valence electrons. The molecule has 0 amide bonds. The highest BCUT2D eigenvalue weighted by atomic mass is 16.6. The van der Waals surface area contributed by atoms with Crippen LogP contribution in [0.15, 0.2) is 12.2 Å². The third-order valence-electron chi connectivity index (χ3n) is 2.82. The van der Waals surface area contributed by atoms with E-state index in [1.807, 2.05) is 20.8 Å². The van der Waals surface area contributed by atoms with Gasteiger partial charge in [0.2, 0.25) is 0 Å². The molecular weight excluding hydrogens is 316 g/mol. The molecule has 0 aromatic carbocycles. The second-order valence-corrected chi connectivity index (χ2v) is 6.75. The summed E-state index contributed by atoms with van der Waals surface area (Å²) in [5.41, 5.74) is -0.230. The van der Waals surface area contributed by atoms with Crippen molar-refractivity contribution in [2.45, 2.75) is 65.9 Å². The second kappa shape index (κ2) is 10.6. The van der Waals surface area contributed by atoms with Crippen molar-refractivity contribution in [1.82, 2.24) is 0 Å². The third kappa shape index (κ3) is 13.5. The maximum absolute atomic E-state index is 11.5. The Balaban J connectivity index is 3.88. The summed E-state index contributed by atoms with van der Waals surface area (Å²) in [5.74, 6) is -3.03. The van der Waals surface area contributed by atoms with Crippen molar-refractivity contribution in [3.63, 3.8) is 0 Å². The molecule has 24 heavy (non-hydrogen) atoms. The first-order chi connectivity index (χ1) is 11.0. The van der Waals surface area contributed by atoms with Crippen LogP contribution in [0.25, 0.3) is 0 Å². The minimum Gasteiger partial charge on any atom is -0.478 e. The first-order valence-electron chi connectivity index (χ1n) is 7.85. The number of rotatable bonds is 9. The average Bonchev–Trinajstić information content (AvgIpc) is 2.39. The van der Waals surface area contributed by atoms with E-state index in [1.165, 1.54) is 0 Å². The van der Waals surface area contributed by atoms with Crippen LogP contribution in [0.4, 0.5) is 0 Å². The van der Waals surface area contributed by atoms with E-state index in [2.05, 4.69) is 0 Å². The molecule has 0 spiro atoms. The zero-order chi connectivity index (χ0) is 18.8. The van der Waals surface area contributed by atoms with Crippen molar-refractivity contribution in [1.29, 1.82) is 0 Å². The van der Waals surface area contributed by atoms with Gasteiger partial charge in [-0.25, -0.2) is 9.59 Å². The first kappa shape index (κ1) is 21.8. The SMILES string of the molecule is CC(CCCCC(=O)OC(=O)CC(C)(C)C)OC(=O)/C=C/C(=O)O. The largest absolute Gasteiger partial charge is 0.478 e. The lowest BCUT2D eigenvalue weighted by molar-refractivity contribution is -0.161. The molecule has 1 N–H and O–H groups in total. The van der Waals surface area contributed by atoms with Gasteiger partial charge >= 0.3 is 23.9 Å². The van der Waals surface area contributed by atoms with Crippen molar-refractivity contribution in [2.24, 2.45) is 5.41 Å². The maximum Gasteiger partial charge on any atom is 0.331 e. The molecule has 0 aliphatic heterocycles. The number of unbranched alkanes of at least 4 members (excludes halogenated alkanes) is 1. The van der Waals surface area contributed by atoms with E-state index in [0.29, 0.717) is 25.3 Å². The van der Waals surface area contributed by atoms with Crippen molar-refractivity contribution >= 4 is 23.9 Å². The lowest BCUT2D eigenvalue weighted by Crippen LogP contribution is -2.19. The molecule has 0 heterocycles. The number of carboxylic acid groups (broad SMARTS) is 1. The predicted octanol–water partition coefficient (Wildman–Crippen LogP) is 2.63. The molecule has 1 unspecified atom stereocenters. The third-order valence-corrected chi connectivity index (χ3v) is 2.82. The molecule has 0 aliphatic rings. The number of carbonyl (C=O) groups is 4. The van der Waals surface area contributed by atoms with Crippen molar-refractivity contribution in [3.05, 3.63) is 12.2 Å². The van der Waals surface area contributed by atoms with Crippen molar-refractivity contribution < 1.29 is 33.8 Å². The fraction of sp³-hybridized carbons (Fsp3) is 0.647. The van der Waals surface area contributed by atoms with Gasteiger partial charge in [0, 0.05) is 18.6 Å². The Morgan fingerprint density at radius 1 is 1.04 bits per heavy atom. The summed E-state index contributed by atoms with van der Waals surface area (Å²) >= 11 is 0. The maximum atomic E-state index is 11.5. The topological polar surface area (TPSA) is 107 Å². The monoisotopic (exact) mass is 342 g/mol. The highest BCUT2D eigenvalue weighted by Crippen LogP contribution is 2.19. The van der Waals surface area contributed by atoms with E-state index in [-0.39, 0.29) is 18.3 Å². The Morgan fingerprint density at radius 3 is 2.21 bits per heavy atom. The van der Waals surface area contributed by atoms with Gasteiger partial charge in [0.05, 0.1) is 12.5 Å². The molecule has 0 rings (SSSR count). The predicted molar refractivity (Wildman–Crippen MR) is 86.0 cm³/mol. The summed E-state index contributed by atoms with van der Waals surface area (Å²) in [4.78, 5) is 44.5. The van der Waals surface area contributed by atoms with Crippen LogP contribution in [0.1, 0.15) is 59.8 Å². The molecule has 0 bridgehead atoms. The summed E-state index contributed by atoms with van der Waals surface area (Å²) < 4.78 is 9.69. The number of carboxylic acids is 1. The Labute approximate surface area is 142 Å². The van der Waals surface area contributed by atoms with Crippen LogP contribution >= 0.6 is 0 Å². The van der Waals surface area contributed by atoms with E-state index in [9.17, 15) is 19.2 Å². The number of hydrogen-bond donors (Lipinski definition) is 1. The average molecular weight is 342 g/mol. The molecule has 0 radical (unpaired) electrons. The van der Waals surface area contributed by atoms with E-state index in [0.717, 1.165) is 6.08 Å². The Morgan fingerprint density at radius 2 is 1.67 bits per heavy atom. The van der Waals surface area contributed by atoms with Crippen LogP contribution < -0.4 is 0 Å². The first-order valence-corrected chi connectivity index (χ1v) is 7.85. The molecule has 0 saturated heterocycles. The summed E-state index contributed by atoms with van der Waals surface area (Å²) in [6, 6.07) is 0. The quantitative estimate of drug-likeness (QED) is 0.297. The molecule has 0 saturated carbocycles. The number of esters is 3.